The molecule has 0 saturated heterocycles. The van der Waals surface area contributed by atoms with Crippen LogP contribution in [0.2, 0.25) is 0 Å². The summed E-state index contributed by atoms with van der Waals surface area (Å²) in [6, 6.07) is 17.7. The predicted octanol–water partition coefficient (Wildman–Crippen LogP) is 3.10. The van der Waals surface area contributed by atoms with Crippen LogP contribution >= 0.6 is 0 Å². The Labute approximate surface area is 154 Å². The zero-order valence-electron chi connectivity index (χ0n) is 15.0. The number of aromatic nitrogens is 1. The molecule has 0 fully saturated rings. The molecule has 1 aromatic heterocycles. The fourth-order valence-electron chi connectivity index (χ4n) is 3.25. The van der Waals surface area contributed by atoms with Crippen molar-refractivity contribution in [2.24, 2.45) is 0 Å². The van der Waals surface area contributed by atoms with Crippen LogP contribution in [0.5, 0.6) is 0 Å². The summed E-state index contributed by atoms with van der Waals surface area (Å²) in [7, 11) is 0. The number of benzene rings is 1. The largest absolute Gasteiger partial charge is 1.00 e. The van der Waals surface area contributed by atoms with E-state index in [4.69, 9.17) is 0 Å². The van der Waals surface area contributed by atoms with E-state index in [9.17, 15) is 0 Å². The Balaban J connectivity index is 0.00000288. The number of pyridine rings is 1. The number of rotatable bonds is 11. The second kappa shape index (κ2) is 13.0. The molecule has 0 bridgehead atoms. The van der Waals surface area contributed by atoms with Gasteiger partial charge in [-0.05, 0) is 6.42 Å². The first-order chi connectivity index (χ1) is 11.4. The summed E-state index contributed by atoms with van der Waals surface area (Å²) in [6.45, 7) is 2.28. The van der Waals surface area contributed by atoms with Crippen LogP contribution in [-0.4, -0.2) is 0 Å². The van der Waals surface area contributed by atoms with Gasteiger partial charge in [-0.25, -0.2) is 0 Å². The molecule has 0 radical (unpaired) electrons. The van der Waals surface area contributed by atoms with Gasteiger partial charge >= 0.3 is 0 Å². The number of halogens is 1. The van der Waals surface area contributed by atoms with Crippen LogP contribution < -0.4 is 17.0 Å². The Bertz CT molecular complexity index is 473. The van der Waals surface area contributed by atoms with Crippen molar-refractivity contribution in [2.75, 3.05) is 0 Å². The van der Waals surface area contributed by atoms with E-state index in [0.29, 0.717) is 6.04 Å². The van der Waals surface area contributed by atoms with Crippen LogP contribution in [0.15, 0.2) is 60.9 Å². The lowest BCUT2D eigenvalue weighted by atomic mass is 9.99. The maximum absolute atomic E-state index is 2.36. The highest BCUT2D eigenvalue weighted by Crippen LogP contribution is 2.20. The predicted molar refractivity (Wildman–Crippen MR) is 98.4 cm³/mol. The zero-order valence-corrected chi connectivity index (χ0v) is 15.8. The molecule has 132 valence electrons. The van der Waals surface area contributed by atoms with Gasteiger partial charge in [0.25, 0.3) is 0 Å². The molecule has 1 heterocycles. The topological polar surface area (TPSA) is 3.88 Å². The van der Waals surface area contributed by atoms with Crippen molar-refractivity contribution < 1.29 is 17.0 Å². The highest BCUT2D eigenvalue weighted by atomic mass is 35.5. The number of hydrogen-bond donors (Lipinski definition) is 0. The van der Waals surface area contributed by atoms with Crippen molar-refractivity contribution in [3.63, 3.8) is 0 Å². The zero-order chi connectivity index (χ0) is 16.2. The van der Waals surface area contributed by atoms with Gasteiger partial charge in [0.05, 0.1) is 0 Å². The Hall–Kier alpha value is -1.34. The van der Waals surface area contributed by atoms with Crippen molar-refractivity contribution >= 4 is 0 Å². The SMILES string of the molecule is CCCCCCCCCCC(c1ccccc1)[n+]1ccccc1.[Cl-]. The van der Waals surface area contributed by atoms with Gasteiger partial charge in [-0.2, -0.15) is 4.57 Å². The maximum Gasteiger partial charge on any atom is 0.183 e. The first kappa shape index (κ1) is 20.7. The molecule has 2 heteroatoms. The smallest absolute Gasteiger partial charge is 0.183 e. The second-order valence-corrected chi connectivity index (χ2v) is 6.51. The minimum absolute atomic E-state index is 0. The van der Waals surface area contributed by atoms with Crippen molar-refractivity contribution in [1.82, 2.24) is 0 Å². The van der Waals surface area contributed by atoms with Crippen LogP contribution in [0.25, 0.3) is 0 Å². The van der Waals surface area contributed by atoms with Gasteiger partial charge < -0.3 is 12.4 Å². The lowest BCUT2D eigenvalue weighted by Gasteiger charge is -2.13. The molecule has 0 aliphatic rings. The van der Waals surface area contributed by atoms with E-state index in [-0.39, 0.29) is 12.4 Å². The lowest BCUT2D eigenvalue weighted by Crippen LogP contribution is -3.00. The molecule has 2 rings (SSSR count). The van der Waals surface area contributed by atoms with Crippen LogP contribution in [0.3, 0.4) is 0 Å². The molecule has 1 nitrogen and oxygen atoms in total. The molecule has 0 aliphatic carbocycles. The molecule has 1 aromatic carbocycles. The van der Waals surface area contributed by atoms with E-state index in [0.717, 1.165) is 0 Å². The third-order valence-corrected chi connectivity index (χ3v) is 4.61. The fourth-order valence-corrected chi connectivity index (χ4v) is 3.25. The van der Waals surface area contributed by atoms with Crippen molar-refractivity contribution in [1.29, 1.82) is 0 Å². The van der Waals surface area contributed by atoms with Crippen LogP contribution in [0.4, 0.5) is 0 Å². The van der Waals surface area contributed by atoms with Gasteiger partial charge in [0.15, 0.2) is 18.4 Å². The van der Waals surface area contributed by atoms with E-state index < -0.39 is 0 Å². The summed E-state index contributed by atoms with van der Waals surface area (Å²) >= 11 is 0. The van der Waals surface area contributed by atoms with Gasteiger partial charge in [-0.15, -0.1) is 0 Å². The van der Waals surface area contributed by atoms with Crippen LogP contribution in [0.1, 0.15) is 76.3 Å². The minimum Gasteiger partial charge on any atom is -1.00 e. The van der Waals surface area contributed by atoms with Gasteiger partial charge in [0.1, 0.15) is 0 Å². The average Bonchev–Trinajstić information content (AvgIpc) is 2.62. The first-order valence-corrected chi connectivity index (χ1v) is 9.42. The molecular formula is C22H32ClN. The Kier molecular flexibility index (Phi) is 11.2. The highest BCUT2D eigenvalue weighted by Gasteiger charge is 2.19. The van der Waals surface area contributed by atoms with Gasteiger partial charge in [0, 0.05) is 24.1 Å². The quantitative estimate of drug-likeness (QED) is 0.435. The first-order valence-electron chi connectivity index (χ1n) is 9.42. The third kappa shape index (κ3) is 7.49. The molecule has 2 aromatic rings. The van der Waals surface area contributed by atoms with E-state index >= 15 is 0 Å². The Morgan fingerprint density at radius 2 is 1.25 bits per heavy atom. The Morgan fingerprint density at radius 3 is 1.88 bits per heavy atom. The summed E-state index contributed by atoms with van der Waals surface area (Å²) in [5.41, 5.74) is 1.42. The number of unbranched alkanes of at least 4 members (excludes halogenated alkanes) is 7. The van der Waals surface area contributed by atoms with Gasteiger partial charge in [0.2, 0.25) is 0 Å². The molecule has 24 heavy (non-hydrogen) atoms. The van der Waals surface area contributed by atoms with Crippen LogP contribution in [0, 0.1) is 0 Å². The molecule has 0 spiro atoms. The normalized spacial score (nSPS) is 11.7. The number of nitrogens with zero attached hydrogens (tertiary/aromatic N) is 1. The average molecular weight is 346 g/mol. The fraction of sp³-hybridized carbons (Fsp3) is 0.500. The van der Waals surface area contributed by atoms with Crippen LogP contribution in [-0.2, 0) is 0 Å². The maximum atomic E-state index is 2.36. The van der Waals surface area contributed by atoms with E-state index in [1.165, 1.54) is 63.4 Å². The second-order valence-electron chi connectivity index (χ2n) is 6.51. The highest BCUT2D eigenvalue weighted by molar-refractivity contribution is 5.17. The molecule has 0 aliphatic heterocycles. The standard InChI is InChI=1S/C22H32N.ClH/c1-2-3-4-5-6-7-8-13-18-22(21-16-11-9-12-17-21)23-19-14-10-15-20-23;/h9-12,14-17,19-20,22H,2-8,13,18H2,1H3;1H/q+1;/p-1. The molecule has 0 saturated carbocycles. The van der Waals surface area contributed by atoms with Crippen molar-refractivity contribution in [2.45, 2.75) is 70.8 Å². The van der Waals surface area contributed by atoms with Gasteiger partial charge in [-0.1, -0.05) is 88.3 Å². The van der Waals surface area contributed by atoms with Crippen molar-refractivity contribution in [3.05, 3.63) is 66.5 Å². The summed E-state index contributed by atoms with van der Waals surface area (Å²) in [5, 5.41) is 0. The van der Waals surface area contributed by atoms with E-state index in [2.05, 4.69) is 72.4 Å². The summed E-state index contributed by atoms with van der Waals surface area (Å²) in [6.07, 6.45) is 16.7. The molecule has 1 atom stereocenters. The molecular weight excluding hydrogens is 314 g/mol. The van der Waals surface area contributed by atoms with Crippen molar-refractivity contribution in [3.8, 4) is 0 Å². The molecule has 0 N–H and O–H groups in total. The van der Waals surface area contributed by atoms with Gasteiger partial charge in [-0.3, -0.25) is 0 Å². The third-order valence-electron chi connectivity index (χ3n) is 4.61. The molecule has 0 amide bonds. The van der Waals surface area contributed by atoms with E-state index in [1.54, 1.807) is 0 Å². The molecule has 1 unspecified atom stereocenters. The monoisotopic (exact) mass is 345 g/mol. The summed E-state index contributed by atoms with van der Waals surface area (Å²) < 4.78 is 2.36. The summed E-state index contributed by atoms with van der Waals surface area (Å²) in [4.78, 5) is 0. The Morgan fingerprint density at radius 1 is 0.708 bits per heavy atom. The number of hydrogen-bond acceptors (Lipinski definition) is 0. The summed E-state index contributed by atoms with van der Waals surface area (Å²) in [5.74, 6) is 0. The van der Waals surface area contributed by atoms with E-state index in [1.807, 2.05) is 0 Å². The lowest BCUT2D eigenvalue weighted by molar-refractivity contribution is -0.714. The minimum atomic E-state index is 0.